The molecule has 0 saturated carbocycles. The number of aryl methyl sites for hydroxylation is 2. The second kappa shape index (κ2) is 18.0. The molecule has 208 valence electrons. The van der Waals surface area contributed by atoms with Crippen molar-refractivity contribution in [2.45, 2.75) is 79.9 Å². The molecule has 1 atom stereocenters. The van der Waals surface area contributed by atoms with Gasteiger partial charge in [-0.2, -0.15) is 0 Å². The number of pyridine rings is 1. The van der Waals surface area contributed by atoms with Gasteiger partial charge in [0, 0.05) is 43.5 Å². The van der Waals surface area contributed by atoms with Crippen molar-refractivity contribution in [2.24, 2.45) is 10.7 Å². The second-order valence-electron chi connectivity index (χ2n) is 9.83. The molecular weight excluding hydrogens is 476 g/mol. The summed E-state index contributed by atoms with van der Waals surface area (Å²) in [7, 11) is 0. The molecule has 3 N–H and O–H groups in total. The number of aliphatic imine (C=N–C) groups is 1. The Morgan fingerprint density at radius 2 is 1.51 bits per heavy atom. The number of rotatable bonds is 2. The zero-order valence-electron chi connectivity index (χ0n) is 24.9. The lowest BCUT2D eigenvalue weighted by Gasteiger charge is -2.09. The third-order valence-electron chi connectivity index (χ3n) is 6.29. The fourth-order valence-electron chi connectivity index (χ4n) is 4.31. The highest BCUT2D eigenvalue weighted by Gasteiger charge is 2.08. The monoisotopic (exact) mass is 524 g/mol. The third kappa shape index (κ3) is 11.5. The van der Waals surface area contributed by atoms with Gasteiger partial charge in [0.2, 0.25) is 0 Å². The highest BCUT2D eigenvalue weighted by atomic mass is 14.9. The first kappa shape index (κ1) is 31.9. The van der Waals surface area contributed by atoms with Crippen molar-refractivity contribution < 1.29 is 0 Å². The molecule has 0 aliphatic carbocycles. The fourth-order valence-corrected chi connectivity index (χ4v) is 4.31. The maximum absolute atomic E-state index is 5.40. The Labute approximate surface area is 236 Å². The van der Waals surface area contributed by atoms with Gasteiger partial charge in [-0.25, -0.2) is 0 Å². The van der Waals surface area contributed by atoms with E-state index in [0.717, 1.165) is 38.0 Å². The minimum atomic E-state index is 0.398. The van der Waals surface area contributed by atoms with Gasteiger partial charge < -0.3 is 11.1 Å². The van der Waals surface area contributed by atoms with Gasteiger partial charge in [0.1, 0.15) is 0 Å². The number of nitrogens with two attached hydrogens (primary N) is 1. The quantitative estimate of drug-likeness (QED) is 0.279. The van der Waals surface area contributed by atoms with E-state index in [1.165, 1.54) is 45.2 Å². The number of aromatic nitrogens is 1. The summed E-state index contributed by atoms with van der Waals surface area (Å²) < 4.78 is 0. The molecule has 4 aromatic rings. The van der Waals surface area contributed by atoms with Crippen LogP contribution in [0.5, 0.6) is 0 Å². The number of hydrogen-bond acceptors (Lipinski definition) is 4. The summed E-state index contributed by atoms with van der Waals surface area (Å²) in [4.78, 5) is 8.42. The summed E-state index contributed by atoms with van der Waals surface area (Å²) in [5.74, 6) is 0. The molecule has 0 bridgehead atoms. The van der Waals surface area contributed by atoms with Crippen molar-refractivity contribution in [3.63, 3.8) is 0 Å². The molecule has 39 heavy (non-hydrogen) atoms. The molecule has 0 fully saturated rings. The average molecular weight is 525 g/mol. The lowest BCUT2D eigenvalue weighted by atomic mass is 10.0. The van der Waals surface area contributed by atoms with E-state index in [2.05, 4.69) is 84.6 Å². The first-order valence-corrected chi connectivity index (χ1v) is 14.4. The first-order chi connectivity index (χ1) is 19.0. The Balaban J connectivity index is 0.000000182. The number of nitrogens with one attached hydrogen (secondary N) is 1. The predicted molar refractivity (Wildman–Crippen MR) is 171 cm³/mol. The van der Waals surface area contributed by atoms with Crippen LogP contribution < -0.4 is 11.1 Å². The molecule has 6 rings (SSSR count). The summed E-state index contributed by atoms with van der Waals surface area (Å²) in [6, 6.07) is 25.7. The van der Waals surface area contributed by atoms with Crippen LogP contribution in [0.4, 0.5) is 0 Å². The molecule has 0 saturated heterocycles. The SMILES string of the molecule is CC.CCCC(C)N.Cc1ccc2c(c1)C=NCC2.Cc1ccc2c(c1)CNC2.c1ccc2ncccc2c1. The van der Waals surface area contributed by atoms with Gasteiger partial charge in [0.15, 0.2) is 0 Å². The van der Waals surface area contributed by atoms with Crippen LogP contribution in [0, 0.1) is 13.8 Å². The molecule has 4 nitrogen and oxygen atoms in total. The molecule has 3 aromatic carbocycles. The molecule has 2 aliphatic rings. The molecule has 0 radical (unpaired) electrons. The Kier molecular flexibility index (Phi) is 14.7. The van der Waals surface area contributed by atoms with E-state index < -0.39 is 0 Å². The topological polar surface area (TPSA) is 63.3 Å². The number of fused-ring (bicyclic) bond motifs is 3. The highest BCUT2D eigenvalue weighted by Crippen LogP contribution is 2.16. The first-order valence-electron chi connectivity index (χ1n) is 14.4. The van der Waals surface area contributed by atoms with Crippen molar-refractivity contribution in [1.82, 2.24) is 10.3 Å². The fraction of sp³-hybridized carbons (Fsp3) is 0.371. The van der Waals surface area contributed by atoms with E-state index in [1.54, 1.807) is 0 Å². The van der Waals surface area contributed by atoms with E-state index in [-0.39, 0.29) is 0 Å². The van der Waals surface area contributed by atoms with Gasteiger partial charge in [-0.05, 0) is 68.0 Å². The summed E-state index contributed by atoms with van der Waals surface area (Å²) >= 11 is 0. The zero-order valence-corrected chi connectivity index (χ0v) is 24.9. The van der Waals surface area contributed by atoms with Crippen molar-refractivity contribution in [3.05, 3.63) is 112 Å². The van der Waals surface area contributed by atoms with Crippen molar-refractivity contribution >= 4 is 17.1 Å². The van der Waals surface area contributed by atoms with Crippen LogP contribution in [0.2, 0.25) is 0 Å². The molecule has 2 aliphatic heterocycles. The Morgan fingerprint density at radius 1 is 0.846 bits per heavy atom. The van der Waals surface area contributed by atoms with E-state index >= 15 is 0 Å². The number of hydrogen-bond donors (Lipinski definition) is 2. The van der Waals surface area contributed by atoms with Crippen molar-refractivity contribution in [1.29, 1.82) is 0 Å². The number of nitrogens with zero attached hydrogens (tertiary/aromatic N) is 2. The number of para-hydroxylation sites is 1. The van der Waals surface area contributed by atoms with Gasteiger partial charge in [0.25, 0.3) is 0 Å². The molecule has 3 heterocycles. The second-order valence-corrected chi connectivity index (χ2v) is 9.83. The highest BCUT2D eigenvalue weighted by molar-refractivity contribution is 5.83. The molecule has 1 aromatic heterocycles. The molecule has 1 unspecified atom stereocenters. The molecule has 0 spiro atoms. The van der Waals surface area contributed by atoms with Crippen LogP contribution in [0.1, 0.15) is 73.9 Å². The molecule has 0 amide bonds. The summed E-state index contributed by atoms with van der Waals surface area (Å²) in [6.07, 6.45) is 7.25. The zero-order chi connectivity index (χ0) is 28.5. The van der Waals surface area contributed by atoms with E-state index in [9.17, 15) is 0 Å². The van der Waals surface area contributed by atoms with Gasteiger partial charge in [-0.15, -0.1) is 0 Å². The van der Waals surface area contributed by atoms with Gasteiger partial charge in [0.05, 0.1) is 5.52 Å². The van der Waals surface area contributed by atoms with E-state index in [4.69, 9.17) is 5.73 Å². The molecule has 4 heteroatoms. The van der Waals surface area contributed by atoms with Crippen molar-refractivity contribution in [3.8, 4) is 0 Å². The smallest absolute Gasteiger partial charge is 0.0701 e. The van der Waals surface area contributed by atoms with E-state index in [0.29, 0.717) is 6.04 Å². The maximum Gasteiger partial charge on any atom is 0.0701 e. The maximum atomic E-state index is 5.40. The van der Waals surface area contributed by atoms with Gasteiger partial charge >= 0.3 is 0 Å². The minimum absolute atomic E-state index is 0.398. The van der Waals surface area contributed by atoms with Crippen LogP contribution in [-0.2, 0) is 19.5 Å². The van der Waals surface area contributed by atoms with Crippen LogP contribution in [0.3, 0.4) is 0 Å². The Morgan fingerprint density at radius 3 is 2.21 bits per heavy atom. The van der Waals surface area contributed by atoms with Gasteiger partial charge in [-0.1, -0.05) is 99.0 Å². The normalized spacial score (nSPS) is 13.0. The van der Waals surface area contributed by atoms with Gasteiger partial charge in [-0.3, -0.25) is 9.98 Å². The lowest BCUT2D eigenvalue weighted by molar-refractivity contribution is 0.653. The predicted octanol–water partition coefficient (Wildman–Crippen LogP) is 7.96. The Hall–Kier alpha value is -3.34. The summed E-state index contributed by atoms with van der Waals surface area (Å²) in [6.45, 7) is 15.5. The summed E-state index contributed by atoms with van der Waals surface area (Å²) in [5.41, 5.74) is 14.8. The third-order valence-corrected chi connectivity index (χ3v) is 6.29. The van der Waals surface area contributed by atoms with Crippen LogP contribution in [-0.4, -0.2) is 23.8 Å². The standard InChI is InChI=1S/C10H11N.C9H11N.C9H7N.C5H13N.C2H6/c1-8-2-3-9-4-5-11-7-10(9)6-8;1-7-2-3-8-5-10-6-9(8)4-7;1-2-6-9-8(4-1)5-3-7-10-9;1-3-4-5(2)6;1-2/h2-3,6-7H,4-5H2,1H3;2-4,10H,5-6H2,1H3;1-7H;5H,3-4,6H2,1-2H3;1-2H3. The number of benzene rings is 3. The van der Waals surface area contributed by atoms with Crippen molar-refractivity contribution in [2.75, 3.05) is 6.54 Å². The summed E-state index contributed by atoms with van der Waals surface area (Å²) in [5, 5.41) is 4.51. The average Bonchev–Trinajstić information content (AvgIpc) is 3.43. The van der Waals surface area contributed by atoms with E-state index in [1.807, 2.05) is 57.4 Å². The largest absolute Gasteiger partial charge is 0.328 e. The lowest BCUT2D eigenvalue weighted by Crippen LogP contribution is -2.13. The van der Waals surface area contributed by atoms with Crippen LogP contribution in [0.15, 0.2) is 84.0 Å². The Bertz CT molecular complexity index is 1210. The van der Waals surface area contributed by atoms with Crippen LogP contribution >= 0.6 is 0 Å². The van der Waals surface area contributed by atoms with Crippen LogP contribution in [0.25, 0.3) is 10.9 Å². The molecular formula is C35H48N4. The minimum Gasteiger partial charge on any atom is -0.328 e.